The van der Waals surface area contributed by atoms with E-state index in [1.807, 2.05) is 0 Å². The van der Waals surface area contributed by atoms with Crippen LogP contribution in [0.15, 0.2) is 23.3 Å². The van der Waals surface area contributed by atoms with Gasteiger partial charge in [-0.2, -0.15) is 0 Å². The van der Waals surface area contributed by atoms with E-state index in [-0.39, 0.29) is 22.9 Å². The molecule has 0 aliphatic carbocycles. The van der Waals surface area contributed by atoms with Gasteiger partial charge in [-0.15, -0.1) is 0 Å². The summed E-state index contributed by atoms with van der Waals surface area (Å²) in [5.74, 6) is -0.725. The van der Waals surface area contributed by atoms with Crippen LogP contribution in [0.5, 0.6) is 5.75 Å². The minimum absolute atomic E-state index is 0.147. The minimum atomic E-state index is -0.532. The van der Waals surface area contributed by atoms with Gasteiger partial charge in [0.05, 0.1) is 22.9 Å². The van der Waals surface area contributed by atoms with E-state index in [4.69, 9.17) is 4.74 Å². The number of ether oxygens (including phenoxy) is 1. The molecule has 2 aromatic rings. The summed E-state index contributed by atoms with van der Waals surface area (Å²) in [6.07, 6.45) is 1.25. The number of esters is 1. The molecule has 0 saturated heterocycles. The molecular formula is C12H11N3O4. The Bertz CT molecular complexity index is 720. The Morgan fingerprint density at radius 1 is 1.32 bits per heavy atom. The van der Waals surface area contributed by atoms with Crippen LogP contribution < -0.4 is 15.6 Å². The van der Waals surface area contributed by atoms with E-state index >= 15 is 0 Å². The molecule has 7 nitrogen and oxygen atoms in total. The molecular weight excluding hydrogens is 250 g/mol. The van der Waals surface area contributed by atoms with Crippen molar-refractivity contribution in [2.24, 2.45) is 0 Å². The van der Waals surface area contributed by atoms with Crippen LogP contribution in [0.1, 0.15) is 13.8 Å². The van der Waals surface area contributed by atoms with E-state index in [9.17, 15) is 14.4 Å². The summed E-state index contributed by atoms with van der Waals surface area (Å²) in [7, 11) is 0. The molecule has 0 radical (unpaired) electrons. The van der Waals surface area contributed by atoms with E-state index < -0.39 is 5.97 Å². The van der Waals surface area contributed by atoms with Gasteiger partial charge in [-0.25, -0.2) is 4.98 Å². The number of carbonyl (C=O) groups is 2. The standard InChI is InChI=1S/C12H11N3O4/c1-6(16)15-10-3-8-9(13-5-14-12(8)18)4-11(10)19-7(2)17/h3-5H,1-2H3,(H,15,16)(H,13,14,18). The maximum Gasteiger partial charge on any atom is 0.308 e. The molecule has 1 amide bonds. The molecule has 0 spiro atoms. The topological polar surface area (TPSA) is 101 Å². The number of carbonyl (C=O) groups excluding carboxylic acids is 2. The second kappa shape index (κ2) is 4.89. The van der Waals surface area contributed by atoms with E-state index in [0.717, 1.165) is 0 Å². The fourth-order valence-electron chi connectivity index (χ4n) is 1.62. The lowest BCUT2D eigenvalue weighted by Gasteiger charge is -2.10. The Hall–Kier alpha value is -2.70. The molecule has 0 aliphatic heterocycles. The number of benzene rings is 1. The lowest BCUT2D eigenvalue weighted by Crippen LogP contribution is -2.12. The second-order valence-electron chi connectivity index (χ2n) is 3.87. The molecule has 2 rings (SSSR count). The zero-order chi connectivity index (χ0) is 14.0. The van der Waals surface area contributed by atoms with E-state index in [0.29, 0.717) is 10.9 Å². The summed E-state index contributed by atoms with van der Waals surface area (Å²) < 4.78 is 4.99. The maximum atomic E-state index is 11.6. The lowest BCUT2D eigenvalue weighted by atomic mass is 10.2. The van der Waals surface area contributed by atoms with Gasteiger partial charge in [-0.05, 0) is 6.07 Å². The summed E-state index contributed by atoms with van der Waals surface area (Å²) in [6.45, 7) is 2.56. The maximum absolute atomic E-state index is 11.6. The molecule has 0 saturated carbocycles. The molecule has 98 valence electrons. The molecule has 1 heterocycles. The molecule has 1 aromatic heterocycles. The lowest BCUT2D eigenvalue weighted by molar-refractivity contribution is -0.131. The van der Waals surface area contributed by atoms with Crippen molar-refractivity contribution in [1.82, 2.24) is 9.97 Å². The van der Waals surface area contributed by atoms with Crippen molar-refractivity contribution in [1.29, 1.82) is 0 Å². The van der Waals surface area contributed by atoms with Gasteiger partial charge in [0.15, 0.2) is 5.75 Å². The SMILES string of the molecule is CC(=O)Nc1cc2c(=O)[nH]cnc2cc1OC(C)=O. The zero-order valence-electron chi connectivity index (χ0n) is 10.3. The highest BCUT2D eigenvalue weighted by atomic mass is 16.5. The zero-order valence-corrected chi connectivity index (χ0v) is 10.3. The number of aromatic amines is 1. The van der Waals surface area contributed by atoms with Gasteiger partial charge in [0.2, 0.25) is 5.91 Å². The third kappa shape index (κ3) is 2.76. The second-order valence-corrected chi connectivity index (χ2v) is 3.87. The van der Waals surface area contributed by atoms with Gasteiger partial charge in [0.1, 0.15) is 0 Å². The van der Waals surface area contributed by atoms with Crippen LogP contribution in [-0.2, 0) is 9.59 Å². The molecule has 0 fully saturated rings. The summed E-state index contributed by atoms with van der Waals surface area (Å²) in [4.78, 5) is 40.2. The normalized spacial score (nSPS) is 10.2. The van der Waals surface area contributed by atoms with Crippen LogP contribution in [0.25, 0.3) is 10.9 Å². The molecule has 19 heavy (non-hydrogen) atoms. The Morgan fingerprint density at radius 2 is 2.05 bits per heavy atom. The Balaban J connectivity index is 2.66. The Morgan fingerprint density at radius 3 is 2.68 bits per heavy atom. The number of nitrogens with one attached hydrogen (secondary N) is 2. The van der Waals surface area contributed by atoms with E-state index in [2.05, 4.69) is 15.3 Å². The van der Waals surface area contributed by atoms with Crippen molar-refractivity contribution in [2.75, 3.05) is 5.32 Å². The van der Waals surface area contributed by atoms with Crippen LogP contribution in [0.4, 0.5) is 5.69 Å². The predicted molar refractivity (Wildman–Crippen MR) is 68.0 cm³/mol. The number of hydrogen-bond donors (Lipinski definition) is 2. The van der Waals surface area contributed by atoms with Gasteiger partial charge in [-0.3, -0.25) is 14.4 Å². The van der Waals surface area contributed by atoms with Crippen molar-refractivity contribution in [3.8, 4) is 5.75 Å². The fourth-order valence-corrected chi connectivity index (χ4v) is 1.62. The highest BCUT2D eigenvalue weighted by Crippen LogP contribution is 2.28. The molecule has 0 aliphatic rings. The molecule has 0 bridgehead atoms. The average molecular weight is 261 g/mol. The third-order valence-electron chi connectivity index (χ3n) is 2.31. The van der Waals surface area contributed by atoms with Gasteiger partial charge in [0, 0.05) is 19.9 Å². The van der Waals surface area contributed by atoms with Crippen molar-refractivity contribution in [3.63, 3.8) is 0 Å². The molecule has 2 N–H and O–H groups in total. The first kappa shape index (κ1) is 12.7. The number of amides is 1. The number of nitrogens with zero attached hydrogens (tertiary/aromatic N) is 1. The van der Waals surface area contributed by atoms with Gasteiger partial charge in [0.25, 0.3) is 5.56 Å². The van der Waals surface area contributed by atoms with Gasteiger partial charge >= 0.3 is 5.97 Å². The summed E-state index contributed by atoms with van der Waals surface area (Å²) in [6, 6.07) is 2.85. The number of hydrogen-bond acceptors (Lipinski definition) is 5. The van der Waals surface area contributed by atoms with Crippen LogP contribution in [0.3, 0.4) is 0 Å². The Labute approximate surface area is 107 Å². The molecule has 0 unspecified atom stereocenters. The Kier molecular flexibility index (Phi) is 3.28. The van der Waals surface area contributed by atoms with Crippen LogP contribution in [0.2, 0.25) is 0 Å². The summed E-state index contributed by atoms with van der Waals surface area (Å²) in [5.41, 5.74) is 0.272. The summed E-state index contributed by atoms with van der Waals surface area (Å²) in [5, 5.41) is 2.80. The quantitative estimate of drug-likeness (QED) is 0.615. The average Bonchev–Trinajstić information content (AvgIpc) is 2.29. The van der Waals surface area contributed by atoms with Gasteiger partial charge < -0.3 is 15.0 Å². The first-order chi connectivity index (χ1) is 8.97. The van der Waals surface area contributed by atoms with Crippen molar-refractivity contribution in [2.45, 2.75) is 13.8 Å². The highest BCUT2D eigenvalue weighted by molar-refractivity contribution is 5.95. The van der Waals surface area contributed by atoms with E-state index in [1.165, 1.54) is 32.3 Å². The fraction of sp³-hybridized carbons (Fsp3) is 0.167. The summed E-state index contributed by atoms with van der Waals surface area (Å²) >= 11 is 0. The molecule has 7 heteroatoms. The highest BCUT2D eigenvalue weighted by Gasteiger charge is 2.12. The number of H-pyrrole nitrogens is 1. The van der Waals surface area contributed by atoms with Crippen molar-refractivity contribution >= 4 is 28.5 Å². The van der Waals surface area contributed by atoms with E-state index in [1.54, 1.807) is 0 Å². The third-order valence-corrected chi connectivity index (χ3v) is 2.31. The van der Waals surface area contributed by atoms with Crippen LogP contribution >= 0.6 is 0 Å². The number of rotatable bonds is 2. The van der Waals surface area contributed by atoms with Crippen molar-refractivity contribution < 1.29 is 14.3 Å². The monoisotopic (exact) mass is 261 g/mol. The largest absolute Gasteiger partial charge is 0.424 e. The number of anilines is 1. The van der Waals surface area contributed by atoms with Crippen LogP contribution in [0, 0.1) is 0 Å². The predicted octanol–water partition coefficient (Wildman–Crippen LogP) is 0.807. The first-order valence-corrected chi connectivity index (χ1v) is 5.45. The molecule has 0 atom stereocenters. The first-order valence-electron chi connectivity index (χ1n) is 5.45. The van der Waals surface area contributed by atoms with Gasteiger partial charge in [-0.1, -0.05) is 0 Å². The smallest absolute Gasteiger partial charge is 0.308 e. The van der Waals surface area contributed by atoms with Crippen LogP contribution in [-0.4, -0.2) is 21.8 Å². The van der Waals surface area contributed by atoms with Crippen molar-refractivity contribution in [3.05, 3.63) is 28.8 Å². The molecule has 1 aromatic carbocycles. The number of fused-ring (bicyclic) bond motifs is 1. The minimum Gasteiger partial charge on any atom is -0.424 e. The number of aromatic nitrogens is 2.